The quantitative estimate of drug-likeness (QED) is 0.730. The van der Waals surface area contributed by atoms with Gasteiger partial charge in [-0.05, 0) is 34.6 Å². The first-order valence-electron chi connectivity index (χ1n) is 5.30. The summed E-state index contributed by atoms with van der Waals surface area (Å²) in [6.07, 6.45) is 0.251. The lowest BCUT2D eigenvalue weighted by Gasteiger charge is -2.43. The number of ether oxygens (including phenoxy) is 1. The van der Waals surface area contributed by atoms with Crippen LogP contribution in [0.3, 0.4) is 0 Å². The zero-order valence-corrected chi connectivity index (χ0v) is 10.0. The number of β-amino-alcohol motifs (C(OH)–C–C–N with tert-alkyl or cyclic N) is 1. The zero-order chi connectivity index (χ0) is 11.0. The lowest BCUT2D eigenvalue weighted by atomic mass is 10.0. The van der Waals surface area contributed by atoms with Gasteiger partial charge < -0.3 is 9.84 Å². The predicted octanol–water partition coefficient (Wildman–Crippen LogP) is 1.26. The molecule has 0 aromatic carbocycles. The van der Waals surface area contributed by atoms with Gasteiger partial charge in [0, 0.05) is 19.6 Å². The van der Waals surface area contributed by atoms with Crippen molar-refractivity contribution >= 4 is 0 Å². The minimum Gasteiger partial charge on any atom is -0.389 e. The van der Waals surface area contributed by atoms with Gasteiger partial charge in [-0.1, -0.05) is 0 Å². The molecule has 1 aliphatic heterocycles. The van der Waals surface area contributed by atoms with E-state index in [0.29, 0.717) is 6.54 Å². The fraction of sp³-hybridized carbons (Fsp3) is 1.00. The Hall–Kier alpha value is -0.120. The average Bonchev–Trinajstić information content (AvgIpc) is 1.74. The summed E-state index contributed by atoms with van der Waals surface area (Å²) in [5.41, 5.74) is -0.712. The molecule has 3 heteroatoms. The molecular formula is C11H23NO2. The summed E-state index contributed by atoms with van der Waals surface area (Å²) in [6.45, 7) is 12.5. The van der Waals surface area contributed by atoms with Gasteiger partial charge in [0.2, 0.25) is 0 Å². The molecule has 1 aliphatic rings. The third-order valence-corrected chi connectivity index (χ3v) is 2.25. The number of aliphatic hydroxyl groups is 1. The molecular weight excluding hydrogens is 178 g/mol. The molecule has 1 heterocycles. The summed E-state index contributed by atoms with van der Waals surface area (Å²) in [5, 5.41) is 9.74. The van der Waals surface area contributed by atoms with Crippen molar-refractivity contribution in [1.82, 2.24) is 4.90 Å². The number of hydrogen-bond acceptors (Lipinski definition) is 3. The van der Waals surface area contributed by atoms with Gasteiger partial charge in [0.1, 0.15) is 0 Å². The molecule has 0 aromatic heterocycles. The van der Waals surface area contributed by atoms with Crippen LogP contribution in [0, 0.1) is 0 Å². The van der Waals surface area contributed by atoms with Crippen molar-refractivity contribution < 1.29 is 9.84 Å². The maximum absolute atomic E-state index is 9.74. The summed E-state index contributed by atoms with van der Waals surface area (Å²) in [7, 11) is 0. The predicted molar refractivity (Wildman–Crippen MR) is 57.4 cm³/mol. The third-order valence-electron chi connectivity index (χ3n) is 2.25. The fourth-order valence-corrected chi connectivity index (χ4v) is 2.25. The lowest BCUT2D eigenvalue weighted by Crippen LogP contribution is -2.54. The number of rotatable bonds is 2. The minimum atomic E-state index is -0.618. The van der Waals surface area contributed by atoms with Crippen molar-refractivity contribution in [3.05, 3.63) is 0 Å². The normalized spacial score (nSPS) is 29.1. The van der Waals surface area contributed by atoms with Crippen molar-refractivity contribution in [2.45, 2.75) is 51.9 Å². The highest BCUT2D eigenvalue weighted by Crippen LogP contribution is 2.21. The molecule has 0 bridgehead atoms. The standard InChI is InChI=1S/C11H23NO2/c1-9-6-12(7-10(2,3)13)8-11(4,5)14-9/h9,13H,6-8H2,1-5H3. The summed E-state index contributed by atoms with van der Waals surface area (Å²) in [5.74, 6) is 0. The zero-order valence-electron chi connectivity index (χ0n) is 10.0. The molecule has 0 spiro atoms. The van der Waals surface area contributed by atoms with E-state index in [1.165, 1.54) is 0 Å². The van der Waals surface area contributed by atoms with Crippen LogP contribution in [0.4, 0.5) is 0 Å². The topological polar surface area (TPSA) is 32.7 Å². The van der Waals surface area contributed by atoms with Crippen molar-refractivity contribution in [3.63, 3.8) is 0 Å². The molecule has 3 nitrogen and oxygen atoms in total. The Morgan fingerprint density at radius 1 is 1.50 bits per heavy atom. The van der Waals surface area contributed by atoms with Gasteiger partial charge in [-0.15, -0.1) is 0 Å². The molecule has 1 saturated heterocycles. The van der Waals surface area contributed by atoms with Crippen LogP contribution in [-0.2, 0) is 4.74 Å². The molecule has 0 aliphatic carbocycles. The van der Waals surface area contributed by atoms with Crippen molar-refractivity contribution in [2.24, 2.45) is 0 Å². The number of hydrogen-bond donors (Lipinski definition) is 1. The Morgan fingerprint density at radius 3 is 2.50 bits per heavy atom. The Morgan fingerprint density at radius 2 is 2.07 bits per heavy atom. The highest BCUT2D eigenvalue weighted by molar-refractivity contribution is 4.85. The molecule has 0 saturated carbocycles. The number of morpholine rings is 1. The molecule has 1 rings (SSSR count). The van der Waals surface area contributed by atoms with E-state index >= 15 is 0 Å². The van der Waals surface area contributed by atoms with Crippen molar-refractivity contribution in [3.8, 4) is 0 Å². The highest BCUT2D eigenvalue weighted by Gasteiger charge is 2.33. The van der Waals surface area contributed by atoms with Crippen LogP contribution in [0.25, 0.3) is 0 Å². The Balaban J connectivity index is 2.54. The maximum atomic E-state index is 9.74. The summed E-state index contributed by atoms with van der Waals surface area (Å²) in [4.78, 5) is 2.27. The molecule has 1 unspecified atom stereocenters. The average molecular weight is 201 g/mol. The molecule has 0 radical (unpaired) electrons. The Kier molecular flexibility index (Phi) is 3.24. The van der Waals surface area contributed by atoms with Gasteiger partial charge in [0.05, 0.1) is 17.3 Å². The van der Waals surface area contributed by atoms with Gasteiger partial charge in [-0.25, -0.2) is 0 Å². The molecule has 1 fully saturated rings. The fourth-order valence-electron chi connectivity index (χ4n) is 2.25. The molecule has 0 aromatic rings. The molecule has 1 atom stereocenters. The van der Waals surface area contributed by atoms with Gasteiger partial charge in [-0.2, -0.15) is 0 Å². The van der Waals surface area contributed by atoms with Crippen LogP contribution < -0.4 is 0 Å². The maximum Gasteiger partial charge on any atom is 0.0757 e. The van der Waals surface area contributed by atoms with Gasteiger partial charge in [0.15, 0.2) is 0 Å². The van der Waals surface area contributed by atoms with Crippen LogP contribution >= 0.6 is 0 Å². The van der Waals surface area contributed by atoms with Crippen molar-refractivity contribution in [2.75, 3.05) is 19.6 Å². The highest BCUT2D eigenvalue weighted by atomic mass is 16.5. The largest absolute Gasteiger partial charge is 0.389 e. The summed E-state index contributed by atoms with van der Waals surface area (Å²) >= 11 is 0. The minimum absolute atomic E-state index is 0.0943. The smallest absolute Gasteiger partial charge is 0.0757 e. The Bertz CT molecular complexity index is 194. The molecule has 14 heavy (non-hydrogen) atoms. The van der Waals surface area contributed by atoms with E-state index in [9.17, 15) is 5.11 Å². The lowest BCUT2D eigenvalue weighted by molar-refractivity contribution is -0.138. The van der Waals surface area contributed by atoms with E-state index in [0.717, 1.165) is 13.1 Å². The molecule has 84 valence electrons. The first-order valence-corrected chi connectivity index (χ1v) is 5.30. The van der Waals surface area contributed by atoms with E-state index in [1.54, 1.807) is 0 Å². The SMILES string of the molecule is CC1CN(CC(C)(C)O)CC(C)(C)O1. The van der Waals surface area contributed by atoms with E-state index in [-0.39, 0.29) is 11.7 Å². The van der Waals surface area contributed by atoms with E-state index in [4.69, 9.17) is 4.74 Å². The second-order valence-electron chi connectivity index (χ2n) is 5.67. The van der Waals surface area contributed by atoms with Crippen LogP contribution in [-0.4, -0.2) is 46.9 Å². The summed E-state index contributed by atoms with van der Waals surface area (Å²) < 4.78 is 5.80. The van der Waals surface area contributed by atoms with Crippen molar-refractivity contribution in [1.29, 1.82) is 0 Å². The van der Waals surface area contributed by atoms with E-state index in [1.807, 2.05) is 13.8 Å². The van der Waals surface area contributed by atoms with Crippen LogP contribution in [0.5, 0.6) is 0 Å². The van der Waals surface area contributed by atoms with E-state index < -0.39 is 5.60 Å². The first kappa shape index (κ1) is 12.0. The second-order valence-corrected chi connectivity index (χ2v) is 5.67. The molecule has 0 amide bonds. The molecule has 1 N–H and O–H groups in total. The van der Waals surface area contributed by atoms with Gasteiger partial charge in [-0.3, -0.25) is 4.90 Å². The van der Waals surface area contributed by atoms with Crippen LogP contribution in [0.2, 0.25) is 0 Å². The van der Waals surface area contributed by atoms with Crippen LogP contribution in [0.15, 0.2) is 0 Å². The third kappa shape index (κ3) is 3.95. The number of nitrogens with zero attached hydrogens (tertiary/aromatic N) is 1. The second kappa shape index (κ2) is 3.80. The monoisotopic (exact) mass is 201 g/mol. The van der Waals surface area contributed by atoms with Gasteiger partial charge in [0.25, 0.3) is 0 Å². The van der Waals surface area contributed by atoms with Gasteiger partial charge >= 0.3 is 0 Å². The summed E-state index contributed by atoms with van der Waals surface area (Å²) in [6, 6.07) is 0. The Labute approximate surface area is 87.1 Å². The first-order chi connectivity index (χ1) is 6.18. The van der Waals surface area contributed by atoms with E-state index in [2.05, 4.69) is 25.7 Å². The van der Waals surface area contributed by atoms with Crippen LogP contribution in [0.1, 0.15) is 34.6 Å².